The molecule has 10 heteroatoms. The molecule has 4 aromatic rings. The van der Waals surface area contributed by atoms with Crippen molar-refractivity contribution in [2.24, 2.45) is 11.1 Å². The van der Waals surface area contributed by atoms with E-state index >= 15 is 0 Å². The Labute approximate surface area is 189 Å². The van der Waals surface area contributed by atoms with Crippen LogP contribution < -0.4 is 20.7 Å². The van der Waals surface area contributed by atoms with Crippen LogP contribution in [-0.2, 0) is 0 Å². The number of nitriles is 1. The summed E-state index contributed by atoms with van der Waals surface area (Å²) in [5, 5.41) is 13.6. The first kappa shape index (κ1) is 20.9. The number of hydrogen-bond acceptors (Lipinski definition) is 8. The van der Waals surface area contributed by atoms with Gasteiger partial charge in [-0.15, -0.1) is 0 Å². The molecule has 0 saturated carbocycles. The van der Waals surface area contributed by atoms with Gasteiger partial charge in [0.25, 0.3) is 0 Å². The Bertz CT molecular complexity index is 1410. The highest BCUT2D eigenvalue weighted by Crippen LogP contribution is 2.40. The molecule has 168 valence electrons. The van der Waals surface area contributed by atoms with Crippen LogP contribution in [0.5, 0.6) is 11.8 Å². The zero-order valence-electron chi connectivity index (χ0n) is 18.3. The zero-order valence-corrected chi connectivity index (χ0v) is 18.3. The molecule has 1 atom stereocenters. The highest BCUT2D eigenvalue weighted by atomic mass is 19.1. The molecule has 1 saturated heterocycles. The summed E-state index contributed by atoms with van der Waals surface area (Å²) in [7, 11) is 1.74. The van der Waals surface area contributed by atoms with Gasteiger partial charge in [-0.1, -0.05) is 6.92 Å². The van der Waals surface area contributed by atoms with E-state index in [0.29, 0.717) is 46.9 Å². The predicted molar refractivity (Wildman–Crippen MR) is 124 cm³/mol. The summed E-state index contributed by atoms with van der Waals surface area (Å²) in [6.45, 7) is 4.17. The van der Waals surface area contributed by atoms with Gasteiger partial charge in [0.1, 0.15) is 23.4 Å². The van der Waals surface area contributed by atoms with Gasteiger partial charge in [-0.25, -0.2) is 4.39 Å². The van der Waals surface area contributed by atoms with E-state index < -0.39 is 0 Å². The smallest absolute Gasteiger partial charge is 0.326 e. The monoisotopic (exact) mass is 446 g/mol. The summed E-state index contributed by atoms with van der Waals surface area (Å²) in [4.78, 5) is 18.7. The zero-order chi connectivity index (χ0) is 23.2. The van der Waals surface area contributed by atoms with Gasteiger partial charge in [0.2, 0.25) is 0 Å². The largest absolute Gasteiger partial charge is 0.422 e. The van der Waals surface area contributed by atoms with E-state index in [2.05, 4.69) is 32.1 Å². The van der Waals surface area contributed by atoms with Gasteiger partial charge >= 0.3 is 6.01 Å². The Morgan fingerprint density at radius 3 is 2.91 bits per heavy atom. The minimum absolute atomic E-state index is 0.0448. The lowest BCUT2D eigenvalue weighted by Gasteiger charge is -2.23. The van der Waals surface area contributed by atoms with Crippen molar-refractivity contribution in [2.75, 3.05) is 36.9 Å². The Morgan fingerprint density at radius 1 is 1.33 bits per heavy atom. The lowest BCUT2D eigenvalue weighted by molar-refractivity contribution is 0.383. The number of H-pyrrole nitrogens is 1. The van der Waals surface area contributed by atoms with Crippen molar-refractivity contribution in [3.63, 3.8) is 0 Å². The summed E-state index contributed by atoms with van der Waals surface area (Å²) in [5.74, 6) is 0.646. The molecule has 0 aliphatic carbocycles. The SMILES string of the molecule is CNc1cc(F)cc2c1[nH]c1nc(Oc3cncc(C#N)c3)nc(N3CCC(C)(CN)C3)c12. The summed E-state index contributed by atoms with van der Waals surface area (Å²) in [6.07, 6.45) is 3.86. The maximum absolute atomic E-state index is 14.4. The molecular weight excluding hydrogens is 423 g/mol. The molecule has 1 aliphatic heterocycles. The first-order valence-corrected chi connectivity index (χ1v) is 10.6. The normalized spacial score (nSPS) is 18.1. The maximum atomic E-state index is 14.4. The minimum Gasteiger partial charge on any atom is -0.422 e. The van der Waals surface area contributed by atoms with Crippen LogP contribution in [0.4, 0.5) is 15.9 Å². The molecule has 1 unspecified atom stereocenters. The minimum atomic E-state index is -0.355. The van der Waals surface area contributed by atoms with Crippen molar-refractivity contribution in [1.82, 2.24) is 19.9 Å². The second-order valence-corrected chi connectivity index (χ2v) is 8.61. The Morgan fingerprint density at radius 2 is 2.18 bits per heavy atom. The molecule has 4 heterocycles. The van der Waals surface area contributed by atoms with Crippen LogP contribution in [-0.4, -0.2) is 46.6 Å². The Kier molecular flexibility index (Phi) is 4.98. The predicted octanol–water partition coefficient (Wildman–Crippen LogP) is 3.53. The van der Waals surface area contributed by atoms with Gasteiger partial charge in [0.05, 0.1) is 28.4 Å². The van der Waals surface area contributed by atoms with E-state index in [0.717, 1.165) is 23.9 Å². The average molecular weight is 446 g/mol. The summed E-state index contributed by atoms with van der Waals surface area (Å²) in [5.41, 5.74) is 8.23. The Balaban J connectivity index is 1.70. The number of nitrogens with zero attached hydrogens (tertiary/aromatic N) is 5. The lowest BCUT2D eigenvalue weighted by Crippen LogP contribution is -2.31. The third-order valence-corrected chi connectivity index (χ3v) is 6.16. The van der Waals surface area contributed by atoms with Gasteiger partial charge in [-0.3, -0.25) is 4.98 Å². The standard InChI is InChI=1S/C23H23FN8O/c1-23(11-26)3-4-32(12-23)21-18-16-6-14(24)7-17(27-2)19(16)29-20(18)30-22(31-21)33-15-5-13(8-25)9-28-10-15/h5-7,9-10,27H,3-4,11-12,26H2,1-2H3,(H,29,30,31). The Hall–Kier alpha value is -3.97. The molecule has 0 spiro atoms. The quantitative estimate of drug-likeness (QED) is 0.425. The van der Waals surface area contributed by atoms with Crippen LogP contribution in [0.1, 0.15) is 18.9 Å². The van der Waals surface area contributed by atoms with Crippen LogP contribution >= 0.6 is 0 Å². The van der Waals surface area contributed by atoms with E-state index in [9.17, 15) is 4.39 Å². The topological polar surface area (TPSA) is 129 Å². The van der Waals surface area contributed by atoms with Crippen molar-refractivity contribution in [1.29, 1.82) is 5.26 Å². The fraction of sp³-hybridized carbons (Fsp3) is 0.304. The molecule has 5 rings (SSSR count). The molecule has 0 bridgehead atoms. The summed E-state index contributed by atoms with van der Waals surface area (Å²) >= 11 is 0. The number of anilines is 2. The van der Waals surface area contributed by atoms with Crippen LogP contribution in [0, 0.1) is 22.6 Å². The number of halogens is 1. The molecule has 4 N–H and O–H groups in total. The molecule has 9 nitrogen and oxygen atoms in total. The number of aromatic nitrogens is 4. The molecule has 0 radical (unpaired) electrons. The molecule has 0 amide bonds. The van der Waals surface area contributed by atoms with Crippen molar-refractivity contribution >= 4 is 33.4 Å². The molecule has 1 aliphatic rings. The first-order valence-electron chi connectivity index (χ1n) is 10.6. The fourth-order valence-corrected chi connectivity index (χ4v) is 4.31. The van der Waals surface area contributed by atoms with Crippen molar-refractivity contribution in [2.45, 2.75) is 13.3 Å². The first-order chi connectivity index (χ1) is 15.9. The van der Waals surface area contributed by atoms with Crippen LogP contribution in [0.3, 0.4) is 0 Å². The van der Waals surface area contributed by atoms with E-state index in [1.54, 1.807) is 13.1 Å². The van der Waals surface area contributed by atoms with Gasteiger partial charge in [0.15, 0.2) is 5.75 Å². The van der Waals surface area contributed by atoms with Crippen molar-refractivity contribution in [3.05, 3.63) is 42.0 Å². The molecule has 3 aromatic heterocycles. The number of pyridine rings is 1. The van der Waals surface area contributed by atoms with Crippen LogP contribution in [0.15, 0.2) is 30.6 Å². The van der Waals surface area contributed by atoms with E-state index in [1.807, 2.05) is 6.07 Å². The maximum Gasteiger partial charge on any atom is 0.326 e. The lowest BCUT2D eigenvalue weighted by atomic mass is 9.90. The molecular formula is C23H23FN8O. The fourth-order valence-electron chi connectivity index (χ4n) is 4.31. The molecule has 1 fully saturated rings. The van der Waals surface area contributed by atoms with E-state index in [4.69, 9.17) is 20.7 Å². The highest BCUT2D eigenvalue weighted by Gasteiger charge is 2.35. The third-order valence-electron chi connectivity index (χ3n) is 6.16. The molecule has 33 heavy (non-hydrogen) atoms. The summed E-state index contributed by atoms with van der Waals surface area (Å²) < 4.78 is 20.3. The number of hydrogen-bond donors (Lipinski definition) is 3. The van der Waals surface area contributed by atoms with Gasteiger partial charge in [-0.2, -0.15) is 15.2 Å². The number of fused-ring (bicyclic) bond motifs is 3. The van der Waals surface area contributed by atoms with E-state index in [-0.39, 0.29) is 17.2 Å². The highest BCUT2D eigenvalue weighted by molar-refractivity contribution is 6.14. The number of nitrogens with two attached hydrogens (primary N) is 1. The second-order valence-electron chi connectivity index (χ2n) is 8.61. The summed E-state index contributed by atoms with van der Waals surface area (Å²) in [6, 6.07) is 6.63. The number of aromatic amines is 1. The van der Waals surface area contributed by atoms with Crippen LogP contribution in [0.2, 0.25) is 0 Å². The van der Waals surface area contributed by atoms with Gasteiger partial charge < -0.3 is 25.7 Å². The number of benzene rings is 1. The second kappa shape index (κ2) is 7.86. The average Bonchev–Trinajstić information content (AvgIpc) is 3.39. The van der Waals surface area contributed by atoms with Crippen molar-refractivity contribution in [3.8, 4) is 17.8 Å². The van der Waals surface area contributed by atoms with E-state index in [1.165, 1.54) is 24.5 Å². The van der Waals surface area contributed by atoms with Gasteiger partial charge in [0, 0.05) is 37.8 Å². The van der Waals surface area contributed by atoms with Crippen molar-refractivity contribution < 1.29 is 9.13 Å². The van der Waals surface area contributed by atoms with Gasteiger partial charge in [-0.05, 0) is 30.5 Å². The number of nitrogens with one attached hydrogen (secondary N) is 2. The van der Waals surface area contributed by atoms with Crippen LogP contribution in [0.25, 0.3) is 21.9 Å². The third kappa shape index (κ3) is 3.66. The molecule has 1 aromatic carbocycles. The number of ether oxygens (including phenoxy) is 1. The number of rotatable bonds is 5.